The molecule has 0 aliphatic carbocycles. The van der Waals surface area contributed by atoms with Gasteiger partial charge in [-0.05, 0) is 18.1 Å². The van der Waals surface area contributed by atoms with E-state index in [0.717, 1.165) is 0 Å². The molecular formula is C9H11P. The van der Waals surface area contributed by atoms with Gasteiger partial charge in [-0.1, -0.05) is 36.1 Å². The first-order chi connectivity index (χ1) is 4.84. The van der Waals surface area contributed by atoms with Crippen LogP contribution in [0, 0.1) is 0 Å². The predicted octanol–water partition coefficient (Wildman–Crippen LogP) is 2.92. The zero-order valence-corrected chi connectivity index (χ0v) is 7.20. The zero-order chi connectivity index (χ0) is 7.40. The molecule has 0 bridgehead atoms. The first-order valence-electron chi connectivity index (χ1n) is 3.28. The summed E-state index contributed by atoms with van der Waals surface area (Å²) < 4.78 is 0. The second-order valence-electron chi connectivity index (χ2n) is 2.22. The van der Waals surface area contributed by atoms with Gasteiger partial charge in [-0.2, -0.15) is 0 Å². The molecule has 52 valence electrons. The minimum Gasteiger partial charge on any atom is -0.113 e. The molecule has 0 nitrogen and oxygen atoms in total. The molecule has 0 saturated heterocycles. The molecule has 10 heavy (non-hydrogen) atoms. The molecule has 0 radical (unpaired) electrons. The van der Waals surface area contributed by atoms with Crippen LogP contribution in [0.1, 0.15) is 12.5 Å². The highest BCUT2D eigenvalue weighted by atomic mass is 31.0. The van der Waals surface area contributed by atoms with Gasteiger partial charge < -0.3 is 0 Å². The van der Waals surface area contributed by atoms with Crippen molar-refractivity contribution in [1.29, 1.82) is 0 Å². The average molecular weight is 150 g/mol. The lowest BCUT2D eigenvalue weighted by molar-refractivity contribution is 1.58. The Morgan fingerprint density at radius 2 is 1.90 bits per heavy atom. The molecule has 1 unspecified atom stereocenters. The van der Waals surface area contributed by atoms with Crippen molar-refractivity contribution in [3.8, 4) is 0 Å². The third-order valence-corrected chi connectivity index (χ3v) is 1.98. The number of allylic oxidation sites excluding steroid dienone is 1. The lowest BCUT2D eigenvalue weighted by Gasteiger charge is -1.97. The van der Waals surface area contributed by atoms with Gasteiger partial charge in [0.25, 0.3) is 0 Å². The van der Waals surface area contributed by atoms with Gasteiger partial charge in [-0.3, -0.25) is 0 Å². The van der Waals surface area contributed by atoms with E-state index in [4.69, 9.17) is 0 Å². The average Bonchev–Trinajstić information content (AvgIpc) is 2.05. The Morgan fingerprint density at radius 1 is 1.30 bits per heavy atom. The van der Waals surface area contributed by atoms with E-state index >= 15 is 0 Å². The van der Waals surface area contributed by atoms with Crippen molar-refractivity contribution in [3.63, 3.8) is 0 Å². The number of hydrogen-bond donors (Lipinski definition) is 0. The summed E-state index contributed by atoms with van der Waals surface area (Å²) in [4.78, 5) is 0. The molecule has 0 amide bonds. The minimum atomic E-state index is 1.29. The Labute approximate surface area is 64.2 Å². The summed E-state index contributed by atoms with van der Waals surface area (Å²) >= 11 is 0. The number of benzene rings is 1. The maximum absolute atomic E-state index is 2.61. The summed E-state index contributed by atoms with van der Waals surface area (Å²) in [5, 5.41) is 0. The van der Waals surface area contributed by atoms with Crippen molar-refractivity contribution in [2.45, 2.75) is 6.92 Å². The van der Waals surface area contributed by atoms with Crippen LogP contribution < -0.4 is 0 Å². The molecule has 0 aliphatic rings. The Hall–Kier alpha value is -0.610. The largest absolute Gasteiger partial charge is 0.113 e. The molecule has 1 atom stereocenters. The van der Waals surface area contributed by atoms with Crippen LogP contribution in [0.25, 0.3) is 5.57 Å². The van der Waals surface area contributed by atoms with E-state index in [9.17, 15) is 0 Å². The number of hydrogen-bond acceptors (Lipinski definition) is 0. The van der Waals surface area contributed by atoms with Crippen LogP contribution in [0.3, 0.4) is 0 Å². The third-order valence-electron chi connectivity index (χ3n) is 1.48. The fraction of sp³-hybridized carbons (Fsp3) is 0.111. The predicted molar refractivity (Wildman–Crippen MR) is 49.8 cm³/mol. The first-order valence-corrected chi connectivity index (χ1v) is 3.95. The first kappa shape index (κ1) is 7.50. The fourth-order valence-electron chi connectivity index (χ4n) is 0.797. The number of rotatable bonds is 1. The SMILES string of the molecule is C/C(=C\P)c1ccccc1. The summed E-state index contributed by atoms with van der Waals surface area (Å²) in [6.07, 6.45) is 0. The summed E-state index contributed by atoms with van der Waals surface area (Å²) in [7, 11) is 2.61. The van der Waals surface area contributed by atoms with Crippen molar-refractivity contribution < 1.29 is 0 Å². The summed E-state index contributed by atoms with van der Waals surface area (Å²) in [5.41, 5.74) is 2.59. The molecule has 1 rings (SSSR count). The highest BCUT2D eigenvalue weighted by Crippen LogP contribution is 2.13. The maximum atomic E-state index is 2.61. The topological polar surface area (TPSA) is 0 Å². The van der Waals surface area contributed by atoms with Crippen LogP contribution in [0.2, 0.25) is 0 Å². The highest BCUT2D eigenvalue weighted by molar-refractivity contribution is 7.21. The molecule has 0 heterocycles. The fourth-order valence-corrected chi connectivity index (χ4v) is 0.990. The maximum Gasteiger partial charge on any atom is -0.0227 e. The molecule has 1 aromatic rings. The Kier molecular flexibility index (Phi) is 2.65. The summed E-state index contributed by atoms with van der Waals surface area (Å²) in [6.45, 7) is 2.10. The highest BCUT2D eigenvalue weighted by Gasteiger charge is 1.88. The molecule has 0 spiro atoms. The summed E-state index contributed by atoms with van der Waals surface area (Å²) in [5.74, 6) is 2.04. The summed E-state index contributed by atoms with van der Waals surface area (Å²) in [6, 6.07) is 10.3. The minimum absolute atomic E-state index is 1.29. The molecule has 0 aromatic heterocycles. The Balaban J connectivity index is 2.96. The van der Waals surface area contributed by atoms with Crippen LogP contribution in [-0.4, -0.2) is 0 Å². The lowest BCUT2D eigenvalue weighted by Crippen LogP contribution is -1.74. The van der Waals surface area contributed by atoms with Crippen LogP contribution in [0.5, 0.6) is 0 Å². The van der Waals surface area contributed by atoms with Crippen molar-refractivity contribution in [2.75, 3.05) is 0 Å². The van der Waals surface area contributed by atoms with Crippen molar-refractivity contribution in [3.05, 3.63) is 41.7 Å². The standard InChI is InChI=1S/C9H11P/c1-8(7-10)9-5-3-2-4-6-9/h2-7H,10H2,1H3/b8-7+. The van der Waals surface area contributed by atoms with E-state index in [2.05, 4.69) is 28.3 Å². The molecule has 0 aliphatic heterocycles. The third kappa shape index (κ3) is 1.68. The molecule has 0 fully saturated rings. The molecule has 0 N–H and O–H groups in total. The molecule has 1 heteroatoms. The van der Waals surface area contributed by atoms with E-state index in [0.29, 0.717) is 0 Å². The van der Waals surface area contributed by atoms with Gasteiger partial charge in [0, 0.05) is 0 Å². The Bertz CT molecular complexity index is 224. The van der Waals surface area contributed by atoms with Crippen LogP contribution >= 0.6 is 9.24 Å². The van der Waals surface area contributed by atoms with Crippen LogP contribution in [-0.2, 0) is 0 Å². The van der Waals surface area contributed by atoms with Gasteiger partial charge in [0.05, 0.1) is 0 Å². The van der Waals surface area contributed by atoms with Crippen molar-refractivity contribution in [2.24, 2.45) is 0 Å². The lowest BCUT2D eigenvalue weighted by atomic mass is 10.1. The van der Waals surface area contributed by atoms with Crippen LogP contribution in [0.4, 0.5) is 0 Å². The van der Waals surface area contributed by atoms with Crippen molar-refractivity contribution >= 4 is 14.8 Å². The van der Waals surface area contributed by atoms with E-state index in [1.807, 2.05) is 24.0 Å². The van der Waals surface area contributed by atoms with Gasteiger partial charge >= 0.3 is 0 Å². The molecule has 0 saturated carbocycles. The molecular weight excluding hydrogens is 139 g/mol. The van der Waals surface area contributed by atoms with E-state index in [1.165, 1.54) is 11.1 Å². The normalized spacial score (nSPS) is 11.6. The zero-order valence-electron chi connectivity index (χ0n) is 6.04. The van der Waals surface area contributed by atoms with Crippen molar-refractivity contribution in [1.82, 2.24) is 0 Å². The monoisotopic (exact) mass is 150 g/mol. The quantitative estimate of drug-likeness (QED) is 0.540. The van der Waals surface area contributed by atoms with E-state index in [-0.39, 0.29) is 0 Å². The molecule has 1 aromatic carbocycles. The van der Waals surface area contributed by atoms with Gasteiger partial charge in [0.15, 0.2) is 0 Å². The van der Waals surface area contributed by atoms with E-state index < -0.39 is 0 Å². The second-order valence-corrected chi connectivity index (χ2v) is 2.55. The Morgan fingerprint density at radius 3 is 2.40 bits per heavy atom. The smallest absolute Gasteiger partial charge is 0.0227 e. The van der Waals surface area contributed by atoms with Crippen LogP contribution in [0.15, 0.2) is 36.1 Å². The van der Waals surface area contributed by atoms with Gasteiger partial charge in [-0.15, -0.1) is 9.24 Å². The van der Waals surface area contributed by atoms with Gasteiger partial charge in [-0.25, -0.2) is 0 Å². The van der Waals surface area contributed by atoms with Gasteiger partial charge in [0.2, 0.25) is 0 Å². The van der Waals surface area contributed by atoms with E-state index in [1.54, 1.807) is 0 Å². The second kappa shape index (κ2) is 3.53. The van der Waals surface area contributed by atoms with Gasteiger partial charge in [0.1, 0.15) is 0 Å².